The van der Waals surface area contributed by atoms with Crippen molar-refractivity contribution in [2.75, 3.05) is 0 Å². The maximum Gasteiger partial charge on any atom is 0.00176 e. The second-order valence-corrected chi connectivity index (χ2v) is 2.26. The largest absolute Gasteiger partial charge is 0.0873 e. The van der Waals surface area contributed by atoms with E-state index in [9.17, 15) is 0 Å². The summed E-state index contributed by atoms with van der Waals surface area (Å²) in [5, 5.41) is 0. The number of hydrogen-bond acceptors (Lipinski definition) is 0. The van der Waals surface area contributed by atoms with Crippen molar-refractivity contribution in [1.82, 2.24) is 0 Å². The van der Waals surface area contributed by atoms with Gasteiger partial charge in [0.05, 0.1) is 0 Å². The summed E-state index contributed by atoms with van der Waals surface area (Å²) in [4.78, 5) is 0. The zero-order valence-corrected chi connectivity index (χ0v) is 4.22. The molecule has 7 heavy (non-hydrogen) atoms. The highest BCUT2D eigenvalue weighted by molar-refractivity contribution is 5.34. The summed E-state index contributed by atoms with van der Waals surface area (Å²) in [6.45, 7) is 0. The van der Waals surface area contributed by atoms with Crippen molar-refractivity contribution in [3.05, 3.63) is 23.8 Å². The quantitative estimate of drug-likeness (QED) is 0.400. The Labute approximate surface area is 43.5 Å². The van der Waals surface area contributed by atoms with Gasteiger partial charge < -0.3 is 0 Å². The summed E-state index contributed by atoms with van der Waals surface area (Å²) in [5.74, 6) is 0.907. The Balaban J connectivity index is 2.19. The molecule has 0 radical (unpaired) electrons. The third-order valence-corrected chi connectivity index (χ3v) is 1.69. The van der Waals surface area contributed by atoms with Crippen molar-refractivity contribution in [3.8, 4) is 0 Å². The summed E-state index contributed by atoms with van der Waals surface area (Å²) in [5.41, 5.74) is 1.67. The molecule has 0 aliphatic heterocycles. The Kier molecular flexibility index (Phi) is 0.498. The molecule has 0 amide bonds. The number of rotatable bonds is 0. The van der Waals surface area contributed by atoms with Crippen LogP contribution in [0, 0.1) is 5.92 Å². The fraction of sp³-hybridized carbons (Fsp3) is 0.429. The molecule has 2 rings (SSSR count). The lowest BCUT2D eigenvalue weighted by Crippen LogP contribution is -1.82. The van der Waals surface area contributed by atoms with Gasteiger partial charge in [-0.05, 0) is 12.8 Å². The van der Waals surface area contributed by atoms with Crippen LogP contribution in [0.5, 0.6) is 0 Å². The molecule has 0 spiro atoms. The number of fused-ring (bicyclic) bond motifs is 1. The minimum Gasteiger partial charge on any atom is -0.0873 e. The van der Waals surface area contributed by atoms with Crippen LogP contribution in [0.1, 0.15) is 12.8 Å². The Morgan fingerprint density at radius 2 is 2.43 bits per heavy atom. The Bertz CT molecular complexity index is 140. The van der Waals surface area contributed by atoms with Crippen molar-refractivity contribution in [2.45, 2.75) is 12.8 Å². The highest BCUT2D eigenvalue weighted by Crippen LogP contribution is 2.38. The first-order valence-electron chi connectivity index (χ1n) is 2.82. The van der Waals surface area contributed by atoms with Gasteiger partial charge in [0.15, 0.2) is 0 Å². The van der Waals surface area contributed by atoms with E-state index in [1.807, 2.05) is 0 Å². The predicted octanol–water partition coefficient (Wildman–Crippen LogP) is 1.89. The molecule has 0 heterocycles. The molecule has 0 N–H and O–H groups in total. The van der Waals surface area contributed by atoms with E-state index in [0.29, 0.717) is 0 Å². The summed E-state index contributed by atoms with van der Waals surface area (Å²) in [6.07, 6.45) is 9.42. The summed E-state index contributed by atoms with van der Waals surface area (Å²) < 4.78 is 0. The first kappa shape index (κ1) is 3.48. The second-order valence-electron chi connectivity index (χ2n) is 2.26. The lowest BCUT2D eigenvalue weighted by atomic mass is 10.1. The molecule has 1 atom stereocenters. The molecule has 0 saturated carbocycles. The lowest BCUT2D eigenvalue weighted by Gasteiger charge is -1.97. The van der Waals surface area contributed by atoms with E-state index in [1.54, 1.807) is 5.57 Å². The molecule has 0 aromatic heterocycles. The Hall–Kier alpha value is -0.520. The van der Waals surface area contributed by atoms with Crippen molar-refractivity contribution < 1.29 is 0 Å². The highest BCUT2D eigenvalue weighted by atomic mass is 14.3. The monoisotopic (exact) mass is 92.1 g/mol. The SMILES string of the molecule is C1=CCC2C=C2C1. The van der Waals surface area contributed by atoms with Gasteiger partial charge in [0.2, 0.25) is 0 Å². The average Bonchev–Trinajstić information content (AvgIpc) is 2.41. The number of allylic oxidation sites excluding steroid dienone is 4. The molecule has 0 saturated heterocycles. The maximum atomic E-state index is 2.36. The highest BCUT2D eigenvalue weighted by Gasteiger charge is 2.23. The van der Waals surface area contributed by atoms with Gasteiger partial charge in [0.1, 0.15) is 0 Å². The molecule has 2 aliphatic rings. The normalized spacial score (nSPS) is 34.3. The molecule has 0 bridgehead atoms. The van der Waals surface area contributed by atoms with Crippen LogP contribution >= 0.6 is 0 Å². The predicted molar refractivity (Wildman–Crippen MR) is 29.9 cm³/mol. The maximum absolute atomic E-state index is 2.36. The molecule has 2 aliphatic carbocycles. The molecule has 0 fully saturated rings. The molecular weight excluding hydrogens is 84.1 g/mol. The molecule has 0 nitrogen and oxygen atoms in total. The van der Waals surface area contributed by atoms with Crippen LogP contribution in [0.25, 0.3) is 0 Å². The van der Waals surface area contributed by atoms with Crippen LogP contribution in [-0.2, 0) is 0 Å². The fourth-order valence-corrected chi connectivity index (χ4v) is 1.11. The molecule has 0 heteroatoms. The van der Waals surface area contributed by atoms with Crippen molar-refractivity contribution in [2.24, 2.45) is 5.92 Å². The molecule has 36 valence electrons. The Morgan fingerprint density at radius 1 is 1.43 bits per heavy atom. The fourth-order valence-electron chi connectivity index (χ4n) is 1.11. The topological polar surface area (TPSA) is 0 Å². The van der Waals surface area contributed by atoms with Crippen LogP contribution in [0.15, 0.2) is 23.8 Å². The van der Waals surface area contributed by atoms with Crippen LogP contribution in [0.3, 0.4) is 0 Å². The zero-order valence-electron chi connectivity index (χ0n) is 4.22. The molecule has 0 aromatic rings. The second kappa shape index (κ2) is 1.00. The van der Waals surface area contributed by atoms with E-state index < -0.39 is 0 Å². The van der Waals surface area contributed by atoms with E-state index in [0.717, 1.165) is 5.92 Å². The van der Waals surface area contributed by atoms with Gasteiger partial charge in [-0.2, -0.15) is 0 Å². The molecular formula is C7H8. The van der Waals surface area contributed by atoms with E-state index >= 15 is 0 Å². The third-order valence-electron chi connectivity index (χ3n) is 1.69. The minimum atomic E-state index is 0.907. The molecule has 0 aromatic carbocycles. The first-order chi connectivity index (χ1) is 3.47. The lowest BCUT2D eigenvalue weighted by molar-refractivity contribution is 0.856. The standard InChI is InChI=1S/C7H8/c1-2-4-7-5-6(7)3-1/h1-2,5-6H,3-4H2. The van der Waals surface area contributed by atoms with Gasteiger partial charge in [-0.15, -0.1) is 0 Å². The summed E-state index contributed by atoms with van der Waals surface area (Å²) in [6, 6.07) is 0. The van der Waals surface area contributed by atoms with E-state index in [-0.39, 0.29) is 0 Å². The average molecular weight is 92.1 g/mol. The Morgan fingerprint density at radius 3 is 3.00 bits per heavy atom. The van der Waals surface area contributed by atoms with E-state index in [1.165, 1.54) is 12.8 Å². The first-order valence-corrected chi connectivity index (χ1v) is 2.82. The van der Waals surface area contributed by atoms with Gasteiger partial charge in [-0.3, -0.25) is 0 Å². The molecule has 1 unspecified atom stereocenters. The number of hydrogen-bond donors (Lipinski definition) is 0. The summed E-state index contributed by atoms with van der Waals surface area (Å²) in [7, 11) is 0. The van der Waals surface area contributed by atoms with E-state index in [4.69, 9.17) is 0 Å². The third kappa shape index (κ3) is 0.426. The summed E-state index contributed by atoms with van der Waals surface area (Å²) >= 11 is 0. The van der Waals surface area contributed by atoms with Crippen molar-refractivity contribution in [3.63, 3.8) is 0 Å². The van der Waals surface area contributed by atoms with Crippen LogP contribution in [-0.4, -0.2) is 0 Å². The van der Waals surface area contributed by atoms with Crippen molar-refractivity contribution >= 4 is 0 Å². The smallest absolute Gasteiger partial charge is 0.00176 e. The minimum absolute atomic E-state index is 0.907. The van der Waals surface area contributed by atoms with Gasteiger partial charge in [0, 0.05) is 5.92 Å². The van der Waals surface area contributed by atoms with E-state index in [2.05, 4.69) is 18.2 Å². The van der Waals surface area contributed by atoms with Gasteiger partial charge in [0.25, 0.3) is 0 Å². The van der Waals surface area contributed by atoms with Gasteiger partial charge >= 0.3 is 0 Å². The van der Waals surface area contributed by atoms with Crippen LogP contribution in [0.2, 0.25) is 0 Å². The zero-order chi connectivity index (χ0) is 4.69. The van der Waals surface area contributed by atoms with Crippen LogP contribution < -0.4 is 0 Å². The van der Waals surface area contributed by atoms with Crippen LogP contribution in [0.4, 0.5) is 0 Å². The van der Waals surface area contributed by atoms with Gasteiger partial charge in [-0.25, -0.2) is 0 Å². The van der Waals surface area contributed by atoms with Gasteiger partial charge in [-0.1, -0.05) is 23.8 Å². The van der Waals surface area contributed by atoms with Crippen molar-refractivity contribution in [1.29, 1.82) is 0 Å².